The van der Waals surface area contributed by atoms with Crippen molar-refractivity contribution in [3.05, 3.63) is 64.7 Å². The molecule has 1 nitrogen and oxygen atoms in total. The van der Waals surface area contributed by atoms with Crippen LogP contribution in [-0.2, 0) is 6.42 Å². The maximum Gasteiger partial charge on any atom is 0.0712 e. The van der Waals surface area contributed by atoms with E-state index in [2.05, 4.69) is 63.2 Å². The zero-order valence-corrected chi connectivity index (χ0v) is 15.6. The molecule has 0 saturated heterocycles. The van der Waals surface area contributed by atoms with E-state index < -0.39 is 0 Å². The Morgan fingerprint density at radius 2 is 1.76 bits per heavy atom. The number of aromatic nitrogens is 1. The van der Waals surface area contributed by atoms with Crippen LogP contribution in [0.5, 0.6) is 0 Å². The zero-order chi connectivity index (χ0) is 17.4. The summed E-state index contributed by atoms with van der Waals surface area (Å²) in [6.45, 7) is 6.55. The second-order valence-electron chi connectivity index (χ2n) is 7.79. The summed E-state index contributed by atoms with van der Waals surface area (Å²) < 4.78 is 0. The van der Waals surface area contributed by atoms with Crippen molar-refractivity contribution in [2.45, 2.75) is 52.9 Å². The monoisotopic (exact) mass is 329 g/mol. The number of hydrogen-bond acceptors (Lipinski definition) is 1. The van der Waals surface area contributed by atoms with Crippen molar-refractivity contribution in [1.82, 2.24) is 4.98 Å². The second-order valence-corrected chi connectivity index (χ2v) is 7.79. The van der Waals surface area contributed by atoms with Gasteiger partial charge in [0.15, 0.2) is 0 Å². The Balaban J connectivity index is 1.76. The van der Waals surface area contributed by atoms with E-state index in [1.807, 2.05) is 0 Å². The first-order valence-electron chi connectivity index (χ1n) is 9.58. The van der Waals surface area contributed by atoms with Crippen LogP contribution in [0.1, 0.15) is 47.9 Å². The van der Waals surface area contributed by atoms with Gasteiger partial charge >= 0.3 is 0 Å². The molecule has 0 aliphatic heterocycles. The fourth-order valence-corrected chi connectivity index (χ4v) is 4.38. The Hall–Kier alpha value is -2.15. The van der Waals surface area contributed by atoms with E-state index in [4.69, 9.17) is 4.98 Å². The van der Waals surface area contributed by atoms with Crippen molar-refractivity contribution in [3.8, 4) is 11.3 Å². The molecule has 1 aliphatic carbocycles. The molecule has 1 aromatic heterocycles. The number of nitrogens with zero attached hydrogens (tertiary/aromatic N) is 1. The highest BCUT2D eigenvalue weighted by Gasteiger charge is 2.17. The summed E-state index contributed by atoms with van der Waals surface area (Å²) in [5.74, 6) is 0.868. The van der Waals surface area contributed by atoms with E-state index in [9.17, 15) is 0 Å². The van der Waals surface area contributed by atoms with E-state index in [0.717, 1.165) is 17.1 Å². The summed E-state index contributed by atoms with van der Waals surface area (Å²) in [7, 11) is 0. The molecule has 0 unspecified atom stereocenters. The summed E-state index contributed by atoms with van der Waals surface area (Å²) in [5.41, 5.74) is 8.93. The lowest BCUT2D eigenvalue weighted by atomic mass is 9.94. The third-order valence-corrected chi connectivity index (χ3v) is 5.89. The molecule has 1 fully saturated rings. The minimum atomic E-state index is 0.868. The lowest BCUT2D eigenvalue weighted by Gasteiger charge is -2.14. The van der Waals surface area contributed by atoms with Crippen LogP contribution < -0.4 is 0 Å². The van der Waals surface area contributed by atoms with Gasteiger partial charge in [-0.25, -0.2) is 4.98 Å². The van der Waals surface area contributed by atoms with Crippen LogP contribution in [0.15, 0.2) is 42.5 Å². The lowest BCUT2D eigenvalue weighted by Crippen LogP contribution is -2.00. The molecule has 0 spiro atoms. The SMILES string of the molecule is Cc1cc(C)c(C)c(-c2ccc3c(CC4CCCC4)cccc3n2)c1. The van der Waals surface area contributed by atoms with Gasteiger partial charge in [0, 0.05) is 10.9 Å². The quantitative estimate of drug-likeness (QED) is 0.530. The Kier molecular flexibility index (Phi) is 4.33. The predicted octanol–water partition coefficient (Wildman–Crippen LogP) is 6.56. The van der Waals surface area contributed by atoms with E-state index in [-0.39, 0.29) is 0 Å². The summed E-state index contributed by atoms with van der Waals surface area (Å²) in [5, 5.41) is 1.33. The molecule has 0 N–H and O–H groups in total. The van der Waals surface area contributed by atoms with E-state index >= 15 is 0 Å². The number of pyridine rings is 1. The Morgan fingerprint density at radius 3 is 2.56 bits per heavy atom. The maximum absolute atomic E-state index is 5.02. The van der Waals surface area contributed by atoms with E-state index in [1.54, 1.807) is 0 Å². The van der Waals surface area contributed by atoms with Crippen molar-refractivity contribution in [1.29, 1.82) is 0 Å². The third kappa shape index (κ3) is 3.20. The highest BCUT2D eigenvalue weighted by atomic mass is 14.7. The normalized spacial score (nSPS) is 15.2. The fraction of sp³-hybridized carbons (Fsp3) is 0.375. The number of hydrogen-bond donors (Lipinski definition) is 0. The molecule has 0 bridgehead atoms. The van der Waals surface area contributed by atoms with Crippen LogP contribution in [-0.4, -0.2) is 4.98 Å². The van der Waals surface area contributed by atoms with Crippen LogP contribution in [0.3, 0.4) is 0 Å². The predicted molar refractivity (Wildman–Crippen MR) is 107 cm³/mol. The smallest absolute Gasteiger partial charge is 0.0712 e. The summed E-state index contributed by atoms with van der Waals surface area (Å²) in [4.78, 5) is 5.02. The molecule has 2 aromatic carbocycles. The van der Waals surface area contributed by atoms with E-state index in [0.29, 0.717) is 0 Å². The van der Waals surface area contributed by atoms with Crippen molar-refractivity contribution < 1.29 is 0 Å². The molecular formula is C24H27N. The lowest BCUT2D eigenvalue weighted by molar-refractivity contribution is 0.548. The van der Waals surface area contributed by atoms with Crippen LogP contribution in [0.4, 0.5) is 0 Å². The molecule has 1 saturated carbocycles. The van der Waals surface area contributed by atoms with Gasteiger partial charge < -0.3 is 0 Å². The van der Waals surface area contributed by atoms with E-state index in [1.165, 1.54) is 65.3 Å². The molecular weight excluding hydrogens is 302 g/mol. The average molecular weight is 329 g/mol. The highest BCUT2D eigenvalue weighted by Crippen LogP contribution is 2.32. The molecule has 3 aromatic rings. The third-order valence-electron chi connectivity index (χ3n) is 5.89. The standard InChI is InChI=1S/C24H27N/c1-16-13-17(2)18(3)22(14-16)24-12-11-21-20(9-6-10-23(21)25-24)15-19-7-4-5-8-19/h6,9-14,19H,4-5,7-8,15H2,1-3H3. The molecule has 0 atom stereocenters. The number of rotatable bonds is 3. The van der Waals surface area contributed by atoms with Gasteiger partial charge in [-0.2, -0.15) is 0 Å². The minimum absolute atomic E-state index is 0.868. The zero-order valence-electron chi connectivity index (χ0n) is 15.6. The van der Waals surface area contributed by atoms with Crippen molar-refractivity contribution >= 4 is 10.9 Å². The molecule has 1 aliphatic rings. The van der Waals surface area contributed by atoms with Gasteiger partial charge in [0.25, 0.3) is 0 Å². The molecule has 0 amide bonds. The van der Waals surface area contributed by atoms with Crippen LogP contribution >= 0.6 is 0 Å². The number of fused-ring (bicyclic) bond motifs is 1. The number of aryl methyl sites for hydroxylation is 2. The molecule has 4 rings (SSSR count). The van der Waals surface area contributed by atoms with Crippen molar-refractivity contribution in [2.24, 2.45) is 5.92 Å². The van der Waals surface area contributed by atoms with Crippen LogP contribution in [0, 0.1) is 26.7 Å². The molecule has 128 valence electrons. The first kappa shape index (κ1) is 16.3. The minimum Gasteiger partial charge on any atom is -0.248 e. The van der Waals surface area contributed by atoms with Gasteiger partial charge in [0.05, 0.1) is 11.2 Å². The Bertz CT molecular complexity index is 917. The van der Waals surface area contributed by atoms with Crippen LogP contribution in [0.2, 0.25) is 0 Å². The molecule has 1 heteroatoms. The first-order valence-corrected chi connectivity index (χ1v) is 9.58. The molecule has 25 heavy (non-hydrogen) atoms. The first-order chi connectivity index (χ1) is 12.1. The van der Waals surface area contributed by atoms with Gasteiger partial charge in [-0.05, 0) is 68.0 Å². The van der Waals surface area contributed by atoms with Crippen molar-refractivity contribution in [3.63, 3.8) is 0 Å². The summed E-state index contributed by atoms with van der Waals surface area (Å²) in [6, 6.07) is 15.6. The average Bonchev–Trinajstić information content (AvgIpc) is 3.11. The Labute approximate surface area is 151 Å². The summed E-state index contributed by atoms with van der Waals surface area (Å²) in [6.07, 6.45) is 6.81. The fourth-order valence-electron chi connectivity index (χ4n) is 4.38. The topological polar surface area (TPSA) is 12.9 Å². The molecule has 0 radical (unpaired) electrons. The summed E-state index contributed by atoms with van der Waals surface area (Å²) >= 11 is 0. The number of benzene rings is 2. The maximum atomic E-state index is 5.02. The largest absolute Gasteiger partial charge is 0.248 e. The van der Waals surface area contributed by atoms with Gasteiger partial charge in [-0.1, -0.05) is 55.5 Å². The molecule has 1 heterocycles. The van der Waals surface area contributed by atoms with Gasteiger partial charge in [-0.15, -0.1) is 0 Å². The second kappa shape index (κ2) is 6.63. The van der Waals surface area contributed by atoms with Gasteiger partial charge in [-0.3, -0.25) is 0 Å². The van der Waals surface area contributed by atoms with Crippen molar-refractivity contribution in [2.75, 3.05) is 0 Å². The van der Waals surface area contributed by atoms with Gasteiger partial charge in [0.1, 0.15) is 0 Å². The highest BCUT2D eigenvalue weighted by molar-refractivity contribution is 5.85. The van der Waals surface area contributed by atoms with Gasteiger partial charge in [0.2, 0.25) is 0 Å². The Morgan fingerprint density at radius 1 is 0.960 bits per heavy atom. The van der Waals surface area contributed by atoms with Crippen LogP contribution in [0.25, 0.3) is 22.2 Å².